The van der Waals surface area contributed by atoms with Crippen LogP contribution in [0.1, 0.15) is 30.5 Å². The van der Waals surface area contributed by atoms with Gasteiger partial charge in [0.1, 0.15) is 11.5 Å². The van der Waals surface area contributed by atoms with Gasteiger partial charge in [0.05, 0.1) is 0 Å². The predicted molar refractivity (Wildman–Crippen MR) is 167 cm³/mol. The number of para-hydroxylation sites is 2. The third kappa shape index (κ3) is 3.40. The first kappa shape index (κ1) is 23.5. The Balaban J connectivity index is 1.26. The van der Waals surface area contributed by atoms with Crippen molar-refractivity contribution in [3.63, 3.8) is 0 Å². The topological polar surface area (TPSA) is 22.2 Å². The third-order valence-corrected chi connectivity index (χ3v) is 8.91. The van der Waals surface area contributed by atoms with Crippen molar-refractivity contribution < 1.29 is 4.74 Å². The quantitative estimate of drug-likeness (QED) is 0.459. The molecule has 0 atom stereocenters. The van der Waals surface area contributed by atoms with E-state index >= 15 is 0 Å². The second kappa shape index (κ2) is 8.82. The first-order valence-electron chi connectivity index (χ1n) is 14.1. The van der Waals surface area contributed by atoms with E-state index in [0.717, 1.165) is 22.6 Å². The Bertz CT molecular complexity index is 1610. The van der Waals surface area contributed by atoms with Gasteiger partial charge in [0.2, 0.25) is 0 Å². The second-order valence-electron chi connectivity index (χ2n) is 11.5. The Morgan fingerprint density at radius 2 is 1.18 bits per heavy atom. The van der Waals surface area contributed by atoms with Gasteiger partial charge in [-0.3, -0.25) is 0 Å². The lowest BCUT2D eigenvalue weighted by molar-refractivity contribution is 0.417. The van der Waals surface area contributed by atoms with E-state index in [4.69, 9.17) is 4.74 Å². The van der Waals surface area contributed by atoms with Gasteiger partial charge < -0.3 is 23.6 Å². The minimum Gasteiger partial charge on any atom is -0.456 e. The van der Waals surface area contributed by atoms with E-state index in [9.17, 15) is 0 Å². The Kier molecular flexibility index (Phi) is 5.18. The Labute approximate surface area is 237 Å². The van der Waals surface area contributed by atoms with Crippen LogP contribution in [-0.4, -0.2) is 46.8 Å². The monoisotopic (exact) mass is 516 g/mol. The number of rotatable bonds is 1. The summed E-state index contributed by atoms with van der Waals surface area (Å²) in [5.74, 6) is 11.1. The molecule has 0 radical (unpaired) electrons. The molecule has 9 heteroatoms. The van der Waals surface area contributed by atoms with E-state index < -0.39 is 0 Å². The summed E-state index contributed by atoms with van der Waals surface area (Å²) in [5.41, 5.74) is 4.55. The summed E-state index contributed by atoms with van der Waals surface area (Å²) >= 11 is 0. The van der Waals surface area contributed by atoms with E-state index in [-0.39, 0.29) is 33.3 Å². The van der Waals surface area contributed by atoms with Crippen LogP contribution in [0, 0.1) is 0 Å². The summed E-state index contributed by atoms with van der Waals surface area (Å²) in [7, 11) is 0. The molecule has 0 bridgehead atoms. The highest BCUT2D eigenvalue weighted by Crippen LogP contribution is 2.50. The number of hydrogen-bond acceptors (Lipinski definition) is 5. The average Bonchev–Trinajstić information content (AvgIpc) is 3.00. The van der Waals surface area contributed by atoms with Crippen molar-refractivity contribution in [3.8, 4) is 11.5 Å². The van der Waals surface area contributed by atoms with E-state index in [0.29, 0.717) is 0 Å². The first-order valence-corrected chi connectivity index (χ1v) is 14.1. The van der Waals surface area contributed by atoms with Crippen molar-refractivity contribution in [1.29, 1.82) is 0 Å². The molecule has 6 aliphatic heterocycles. The van der Waals surface area contributed by atoms with Gasteiger partial charge in [-0.15, -0.1) is 0 Å². The molecule has 0 spiro atoms. The second-order valence-corrected chi connectivity index (χ2v) is 11.5. The zero-order valence-electron chi connectivity index (χ0n) is 22.7. The van der Waals surface area contributed by atoms with Crippen LogP contribution in [0.25, 0.3) is 5.57 Å². The van der Waals surface area contributed by atoms with Crippen LogP contribution in [-0.2, 0) is 5.41 Å². The molecule has 40 heavy (non-hydrogen) atoms. The molecule has 1 saturated heterocycles. The van der Waals surface area contributed by atoms with Crippen LogP contribution in [0.4, 0.5) is 0 Å². The fraction of sp³-hybridized carbons (Fsp3) is 0.0968. The van der Waals surface area contributed by atoms with Crippen LogP contribution in [0.3, 0.4) is 0 Å². The van der Waals surface area contributed by atoms with Crippen molar-refractivity contribution in [3.05, 3.63) is 150 Å². The molecular weight excluding hydrogens is 488 g/mol. The molecule has 6 heterocycles. The summed E-state index contributed by atoms with van der Waals surface area (Å²) < 4.78 is 16.5. The van der Waals surface area contributed by atoms with Gasteiger partial charge in [-0.1, -0.05) is 98.5 Å². The molecule has 0 N–H and O–H groups in total. The molecule has 2 aromatic carbocycles. The third-order valence-electron chi connectivity index (χ3n) is 8.91. The smallest absolute Gasteiger partial charge is 0.380 e. The Hall–Kier alpha value is -4.38. The number of benzene rings is 2. The summed E-state index contributed by atoms with van der Waals surface area (Å²) in [5, 5.41) is 0. The molecular formula is C31H28B4N4O. The molecule has 0 unspecified atom stereocenters. The van der Waals surface area contributed by atoms with Gasteiger partial charge in [0.15, 0.2) is 0 Å². The van der Waals surface area contributed by atoms with Crippen LogP contribution < -0.4 is 4.74 Å². The fourth-order valence-corrected chi connectivity index (χ4v) is 6.90. The van der Waals surface area contributed by atoms with Crippen molar-refractivity contribution in [2.24, 2.45) is 0 Å². The lowest BCUT2D eigenvalue weighted by atomic mass is 9.41. The van der Waals surface area contributed by atoms with Gasteiger partial charge in [-0.25, -0.2) is 0 Å². The number of fused-ring (bicyclic) bond motifs is 10. The first-order chi connectivity index (χ1) is 19.6. The van der Waals surface area contributed by atoms with Gasteiger partial charge in [-0.2, -0.15) is 0 Å². The van der Waals surface area contributed by atoms with E-state index in [1.807, 2.05) is 0 Å². The summed E-state index contributed by atoms with van der Waals surface area (Å²) in [6, 6.07) is 15.0. The highest BCUT2D eigenvalue weighted by molar-refractivity contribution is 6.92. The Morgan fingerprint density at radius 1 is 0.600 bits per heavy atom. The predicted octanol–water partition coefficient (Wildman–Crippen LogP) is 5.61. The lowest BCUT2D eigenvalue weighted by Gasteiger charge is -2.53. The average molecular weight is 516 g/mol. The molecule has 190 valence electrons. The largest absolute Gasteiger partial charge is 0.456 e. The molecule has 6 aliphatic rings. The van der Waals surface area contributed by atoms with E-state index in [2.05, 4.69) is 166 Å². The summed E-state index contributed by atoms with van der Waals surface area (Å²) in [4.78, 5) is 0. The van der Waals surface area contributed by atoms with Crippen LogP contribution in [0.5, 0.6) is 11.5 Å². The van der Waals surface area contributed by atoms with Gasteiger partial charge >= 0.3 is 27.9 Å². The number of ether oxygens (including phenoxy) is 1. The molecule has 0 amide bonds. The van der Waals surface area contributed by atoms with Crippen LogP contribution in [0.2, 0.25) is 0 Å². The SMILES string of the molecule is CC1(C)c2ccccc2Oc2c(C3=CN4B5C=CC=CN5B5C=CC=CN5B5C=CC=CN5B4C=C3)cccc21. The highest BCUT2D eigenvalue weighted by atomic mass is 16.5. The standard InChI is InChI=1S/C31H28B4N4O/c1-31(2)27-13-3-4-15-29(27)40-30-26(12-11-14-28(30)31)25-16-20-35-38-23-9-6-18-33(38)36-21-8-5-17-32(36)37-22-10-7-19-34(37)39(35)24-25/h3-24H,1-2H3. The molecule has 8 rings (SSSR count). The Morgan fingerprint density at radius 3 is 1.85 bits per heavy atom. The zero-order chi connectivity index (χ0) is 26.8. The van der Waals surface area contributed by atoms with Crippen molar-refractivity contribution in [2.75, 3.05) is 0 Å². The normalized spacial score (nSPS) is 20.7. The molecule has 0 aliphatic carbocycles. The molecule has 0 saturated carbocycles. The molecule has 0 aromatic heterocycles. The summed E-state index contributed by atoms with van der Waals surface area (Å²) in [6.45, 7) is 4.85. The maximum absolute atomic E-state index is 6.66. The maximum Gasteiger partial charge on any atom is 0.380 e. The van der Waals surface area contributed by atoms with Gasteiger partial charge in [0, 0.05) is 22.1 Å². The minimum atomic E-state index is -0.154. The number of hydrogen-bond donors (Lipinski definition) is 0. The maximum atomic E-state index is 6.66. The van der Waals surface area contributed by atoms with Crippen molar-refractivity contribution in [1.82, 2.24) is 18.9 Å². The van der Waals surface area contributed by atoms with Crippen LogP contribution >= 0.6 is 0 Å². The number of allylic oxidation sites excluding steroid dienone is 8. The molecule has 5 nitrogen and oxygen atoms in total. The zero-order valence-corrected chi connectivity index (χ0v) is 22.7. The van der Waals surface area contributed by atoms with Gasteiger partial charge in [0.25, 0.3) is 0 Å². The minimum absolute atomic E-state index is 0.0384. The van der Waals surface area contributed by atoms with Gasteiger partial charge in [-0.05, 0) is 54.7 Å². The lowest BCUT2D eigenvalue weighted by Crippen LogP contribution is -2.73. The number of nitrogens with zero attached hydrogens (tertiary/aromatic N) is 4. The fourth-order valence-electron chi connectivity index (χ4n) is 6.90. The summed E-state index contributed by atoms with van der Waals surface area (Å²) in [6.07, 6.45) is 24.1. The molecule has 2 aromatic rings. The van der Waals surface area contributed by atoms with Crippen molar-refractivity contribution in [2.45, 2.75) is 19.3 Å². The van der Waals surface area contributed by atoms with Crippen LogP contribution in [0.15, 0.2) is 134 Å². The van der Waals surface area contributed by atoms with E-state index in [1.54, 1.807) is 0 Å². The van der Waals surface area contributed by atoms with Crippen molar-refractivity contribution >= 4 is 33.5 Å². The van der Waals surface area contributed by atoms with E-state index in [1.165, 1.54) is 11.1 Å². The highest BCUT2D eigenvalue weighted by Gasteiger charge is 2.50. The molecule has 1 fully saturated rings.